The van der Waals surface area contributed by atoms with Crippen molar-refractivity contribution in [2.24, 2.45) is 0 Å². The SMILES string of the molecule is O=C(O)COC[C@H]1CCCCN1C(F)(F)F. The van der Waals surface area contributed by atoms with Crippen LogP contribution in [0.4, 0.5) is 13.2 Å². The molecule has 0 aromatic heterocycles. The molecule has 94 valence electrons. The first-order valence-electron chi connectivity index (χ1n) is 5.04. The molecule has 16 heavy (non-hydrogen) atoms. The Bertz CT molecular complexity index is 245. The van der Waals surface area contributed by atoms with Crippen LogP contribution in [0.2, 0.25) is 0 Å². The smallest absolute Gasteiger partial charge is 0.460 e. The number of aliphatic carboxylic acids is 1. The average molecular weight is 241 g/mol. The van der Waals surface area contributed by atoms with Gasteiger partial charge in [-0.3, -0.25) is 0 Å². The van der Waals surface area contributed by atoms with Crippen LogP contribution in [0.5, 0.6) is 0 Å². The van der Waals surface area contributed by atoms with Crippen molar-refractivity contribution in [2.45, 2.75) is 31.6 Å². The number of carbonyl (C=O) groups is 1. The number of rotatable bonds is 4. The average Bonchev–Trinajstić information content (AvgIpc) is 2.16. The van der Waals surface area contributed by atoms with Crippen molar-refractivity contribution in [1.29, 1.82) is 0 Å². The molecule has 1 saturated heterocycles. The van der Waals surface area contributed by atoms with E-state index in [0.717, 1.165) is 0 Å². The molecule has 1 aliphatic rings. The van der Waals surface area contributed by atoms with Crippen LogP contribution < -0.4 is 0 Å². The van der Waals surface area contributed by atoms with Crippen molar-refractivity contribution in [2.75, 3.05) is 19.8 Å². The number of halogens is 3. The van der Waals surface area contributed by atoms with E-state index in [9.17, 15) is 18.0 Å². The molecular formula is C9H14F3NO3. The Morgan fingerprint density at radius 2 is 2.12 bits per heavy atom. The normalized spacial score (nSPS) is 23.3. The third-order valence-electron chi connectivity index (χ3n) is 2.49. The Labute approximate surface area is 91.0 Å². The van der Waals surface area contributed by atoms with Gasteiger partial charge in [0.2, 0.25) is 0 Å². The van der Waals surface area contributed by atoms with Crippen LogP contribution in [0.15, 0.2) is 0 Å². The standard InChI is InChI=1S/C9H14F3NO3/c10-9(11,12)13-4-2-1-3-7(13)5-16-6-8(14)15/h7H,1-6H2,(H,14,15)/t7-/m1/s1. The minimum atomic E-state index is -4.36. The van der Waals surface area contributed by atoms with Crippen molar-refractivity contribution in [1.82, 2.24) is 4.90 Å². The third-order valence-corrected chi connectivity index (χ3v) is 2.49. The van der Waals surface area contributed by atoms with E-state index in [1.54, 1.807) is 0 Å². The molecule has 1 fully saturated rings. The van der Waals surface area contributed by atoms with Gasteiger partial charge in [-0.25, -0.2) is 9.69 Å². The lowest BCUT2D eigenvalue weighted by molar-refractivity contribution is -0.267. The summed E-state index contributed by atoms with van der Waals surface area (Å²) < 4.78 is 42.3. The van der Waals surface area contributed by atoms with Gasteiger partial charge in [-0.05, 0) is 12.8 Å². The first-order valence-corrected chi connectivity index (χ1v) is 5.04. The maximum atomic E-state index is 12.5. The minimum Gasteiger partial charge on any atom is -0.480 e. The van der Waals surface area contributed by atoms with E-state index in [1.807, 2.05) is 0 Å². The quantitative estimate of drug-likeness (QED) is 0.757. The minimum absolute atomic E-state index is 0.0371. The molecule has 0 unspecified atom stereocenters. The molecule has 0 aromatic carbocycles. The highest BCUT2D eigenvalue weighted by molar-refractivity contribution is 5.67. The number of carboxylic acid groups (broad SMARTS) is 1. The molecular weight excluding hydrogens is 227 g/mol. The molecule has 1 rings (SSSR count). The molecule has 0 aliphatic carbocycles. The molecule has 0 bridgehead atoms. The lowest BCUT2D eigenvalue weighted by atomic mass is 10.0. The Kier molecular flexibility index (Phi) is 4.55. The fourth-order valence-electron chi connectivity index (χ4n) is 1.79. The van der Waals surface area contributed by atoms with Crippen LogP contribution in [-0.4, -0.2) is 48.1 Å². The monoisotopic (exact) mass is 241 g/mol. The molecule has 1 heterocycles. The van der Waals surface area contributed by atoms with Gasteiger partial charge in [0.25, 0.3) is 0 Å². The van der Waals surface area contributed by atoms with Gasteiger partial charge < -0.3 is 9.84 Å². The molecule has 0 amide bonds. The highest BCUT2D eigenvalue weighted by atomic mass is 19.4. The van der Waals surface area contributed by atoms with Crippen LogP contribution in [-0.2, 0) is 9.53 Å². The van der Waals surface area contributed by atoms with Gasteiger partial charge in [0.15, 0.2) is 0 Å². The number of nitrogens with zero attached hydrogens (tertiary/aromatic N) is 1. The van der Waals surface area contributed by atoms with E-state index in [1.165, 1.54) is 0 Å². The third kappa shape index (κ3) is 3.97. The zero-order valence-corrected chi connectivity index (χ0v) is 8.66. The Morgan fingerprint density at radius 1 is 1.44 bits per heavy atom. The summed E-state index contributed by atoms with van der Waals surface area (Å²) in [5.74, 6) is -1.17. The van der Waals surface area contributed by atoms with Gasteiger partial charge >= 0.3 is 12.3 Å². The number of hydrogen-bond acceptors (Lipinski definition) is 3. The van der Waals surface area contributed by atoms with E-state index in [0.29, 0.717) is 24.2 Å². The summed E-state index contributed by atoms with van der Waals surface area (Å²) in [5, 5.41) is 8.31. The molecule has 1 atom stereocenters. The second-order valence-corrected chi connectivity index (χ2v) is 3.72. The second kappa shape index (κ2) is 5.49. The molecule has 4 nitrogen and oxygen atoms in total. The van der Waals surface area contributed by atoms with E-state index in [4.69, 9.17) is 9.84 Å². The molecule has 0 aromatic rings. The number of ether oxygens (including phenoxy) is 1. The van der Waals surface area contributed by atoms with Crippen molar-refractivity contribution < 1.29 is 27.8 Å². The number of carboxylic acids is 1. The topological polar surface area (TPSA) is 49.8 Å². The highest BCUT2D eigenvalue weighted by Crippen LogP contribution is 2.29. The van der Waals surface area contributed by atoms with Crippen LogP contribution in [0.1, 0.15) is 19.3 Å². The van der Waals surface area contributed by atoms with Gasteiger partial charge in [-0.1, -0.05) is 6.42 Å². The number of alkyl halides is 3. The van der Waals surface area contributed by atoms with Crippen molar-refractivity contribution in [3.05, 3.63) is 0 Å². The lowest BCUT2D eigenvalue weighted by Crippen LogP contribution is -2.50. The summed E-state index contributed by atoms with van der Waals surface area (Å²) in [4.78, 5) is 10.6. The zero-order valence-electron chi connectivity index (χ0n) is 8.66. The van der Waals surface area contributed by atoms with Gasteiger partial charge in [0.1, 0.15) is 6.61 Å². The Morgan fingerprint density at radius 3 is 2.69 bits per heavy atom. The second-order valence-electron chi connectivity index (χ2n) is 3.72. The van der Waals surface area contributed by atoms with Crippen LogP contribution in [0, 0.1) is 0 Å². The van der Waals surface area contributed by atoms with E-state index >= 15 is 0 Å². The molecule has 0 saturated carbocycles. The number of piperidine rings is 1. The molecule has 1 aliphatic heterocycles. The van der Waals surface area contributed by atoms with E-state index in [2.05, 4.69) is 0 Å². The van der Waals surface area contributed by atoms with Crippen LogP contribution in [0.3, 0.4) is 0 Å². The van der Waals surface area contributed by atoms with E-state index < -0.39 is 24.9 Å². The first kappa shape index (κ1) is 13.2. The predicted octanol–water partition coefficient (Wildman–Crippen LogP) is 1.46. The van der Waals surface area contributed by atoms with Crippen molar-refractivity contribution in [3.8, 4) is 0 Å². The maximum absolute atomic E-state index is 12.5. The molecule has 0 radical (unpaired) electrons. The summed E-state index contributed by atoms with van der Waals surface area (Å²) in [6, 6.07) is -0.756. The lowest BCUT2D eigenvalue weighted by Gasteiger charge is -2.36. The van der Waals surface area contributed by atoms with Gasteiger partial charge in [0, 0.05) is 12.6 Å². The molecule has 7 heteroatoms. The summed E-state index contributed by atoms with van der Waals surface area (Å²) in [7, 11) is 0. The largest absolute Gasteiger partial charge is 0.480 e. The molecule has 0 spiro atoms. The summed E-state index contributed by atoms with van der Waals surface area (Å²) >= 11 is 0. The maximum Gasteiger partial charge on any atom is 0.460 e. The summed E-state index contributed by atoms with van der Waals surface area (Å²) in [5.41, 5.74) is 0. The van der Waals surface area contributed by atoms with Gasteiger partial charge in [0.05, 0.1) is 6.61 Å². The van der Waals surface area contributed by atoms with E-state index in [-0.39, 0.29) is 13.2 Å². The first-order chi connectivity index (χ1) is 7.41. The molecule has 1 N–H and O–H groups in total. The van der Waals surface area contributed by atoms with Gasteiger partial charge in [-0.2, -0.15) is 13.2 Å². The van der Waals surface area contributed by atoms with Gasteiger partial charge in [-0.15, -0.1) is 0 Å². The predicted molar refractivity (Wildman–Crippen MR) is 48.9 cm³/mol. The van der Waals surface area contributed by atoms with Crippen molar-refractivity contribution in [3.63, 3.8) is 0 Å². The van der Waals surface area contributed by atoms with Crippen molar-refractivity contribution >= 4 is 5.97 Å². The summed E-state index contributed by atoms with van der Waals surface area (Å²) in [6.45, 7) is -0.779. The van der Waals surface area contributed by atoms with Crippen LogP contribution >= 0.6 is 0 Å². The fraction of sp³-hybridized carbons (Fsp3) is 0.889. The Balaban J connectivity index is 2.44. The number of hydrogen-bond donors (Lipinski definition) is 1. The zero-order chi connectivity index (χ0) is 12.2. The number of likely N-dealkylation sites (tertiary alicyclic amines) is 1. The fourth-order valence-corrected chi connectivity index (χ4v) is 1.79. The Hall–Kier alpha value is -0.820. The highest BCUT2D eigenvalue weighted by Gasteiger charge is 2.42. The summed E-state index contributed by atoms with van der Waals surface area (Å²) in [6.07, 6.45) is -2.75. The van der Waals surface area contributed by atoms with Crippen LogP contribution in [0.25, 0.3) is 0 Å².